The summed E-state index contributed by atoms with van der Waals surface area (Å²) in [5.41, 5.74) is -8.50. The van der Waals surface area contributed by atoms with Crippen molar-refractivity contribution in [2.75, 3.05) is 7.11 Å². The van der Waals surface area contributed by atoms with Crippen LogP contribution in [0, 0.1) is 28.1 Å². The maximum atomic E-state index is 13.9. The first-order valence-corrected chi connectivity index (χ1v) is 13.4. The highest BCUT2D eigenvalue weighted by atomic mass is 16.8. The van der Waals surface area contributed by atoms with Crippen LogP contribution in [0.15, 0.2) is 24.3 Å². The fourth-order valence-electron chi connectivity index (χ4n) is 9.35. The van der Waals surface area contributed by atoms with E-state index in [2.05, 4.69) is 0 Å². The Kier molecular flexibility index (Phi) is 4.93. The molecule has 4 saturated heterocycles. The van der Waals surface area contributed by atoms with Crippen LogP contribution in [-0.2, 0) is 44.7 Å². The van der Waals surface area contributed by atoms with Crippen LogP contribution in [0.25, 0.3) is 0 Å². The lowest BCUT2D eigenvalue weighted by atomic mass is 9.51. The topological polar surface area (TPSA) is 167 Å². The normalized spacial score (nSPS) is 49.8. The molecule has 4 heterocycles. The zero-order valence-corrected chi connectivity index (χ0v) is 22.7. The van der Waals surface area contributed by atoms with Crippen LogP contribution >= 0.6 is 0 Å². The molecule has 2 saturated carbocycles. The van der Waals surface area contributed by atoms with E-state index in [-0.39, 0.29) is 6.61 Å². The highest BCUT2D eigenvalue weighted by molar-refractivity contribution is 5.94. The molecule has 12 heteroatoms. The lowest BCUT2D eigenvalue weighted by Gasteiger charge is -2.48. The van der Waals surface area contributed by atoms with E-state index < -0.39 is 94.0 Å². The van der Waals surface area contributed by atoms with E-state index in [0.29, 0.717) is 11.3 Å². The highest BCUT2D eigenvalue weighted by Gasteiger charge is 3.05. The van der Waals surface area contributed by atoms with E-state index in [1.54, 1.807) is 31.4 Å². The summed E-state index contributed by atoms with van der Waals surface area (Å²) >= 11 is 0. The molecule has 12 atom stereocenters. The van der Waals surface area contributed by atoms with Gasteiger partial charge in [0.1, 0.15) is 18.0 Å². The van der Waals surface area contributed by atoms with E-state index in [1.807, 2.05) is 20.8 Å². The molecule has 0 aromatic heterocycles. The van der Waals surface area contributed by atoms with Crippen LogP contribution in [0.5, 0.6) is 5.75 Å². The van der Waals surface area contributed by atoms with E-state index in [0.717, 1.165) is 0 Å². The molecule has 5 unspecified atom stereocenters. The van der Waals surface area contributed by atoms with Gasteiger partial charge in [0, 0.05) is 5.92 Å². The first-order chi connectivity index (χ1) is 18.8. The molecule has 40 heavy (non-hydrogen) atoms. The van der Waals surface area contributed by atoms with E-state index in [4.69, 9.17) is 28.4 Å². The number of fused-ring (bicyclic) bond motifs is 1. The Hall–Kier alpha value is -2.77. The van der Waals surface area contributed by atoms with Crippen LogP contribution in [0.3, 0.4) is 0 Å². The van der Waals surface area contributed by atoms with Crippen LogP contribution in [0.4, 0.5) is 0 Å². The summed E-state index contributed by atoms with van der Waals surface area (Å²) in [6.07, 6.45) is -9.10. The van der Waals surface area contributed by atoms with Crippen LogP contribution in [0.1, 0.15) is 33.3 Å². The maximum absolute atomic E-state index is 13.9. The number of ether oxygens (including phenoxy) is 6. The smallest absolute Gasteiger partial charge is 0.343 e. The quantitative estimate of drug-likeness (QED) is 0.329. The van der Waals surface area contributed by atoms with Crippen LogP contribution in [0.2, 0.25) is 0 Å². The fraction of sp³-hybridized carbons (Fsp3) is 0.679. The molecule has 6 aliphatic rings. The molecule has 3 N–H and O–H groups in total. The number of hydrogen-bond acceptors (Lipinski definition) is 12. The van der Waals surface area contributed by atoms with Crippen molar-refractivity contribution in [2.45, 2.75) is 82.3 Å². The van der Waals surface area contributed by atoms with Gasteiger partial charge in [0.05, 0.1) is 36.6 Å². The lowest BCUT2D eigenvalue weighted by molar-refractivity contribution is -0.240. The van der Waals surface area contributed by atoms with Crippen molar-refractivity contribution in [2.24, 2.45) is 28.1 Å². The first-order valence-electron chi connectivity index (χ1n) is 13.4. The van der Waals surface area contributed by atoms with Crippen molar-refractivity contribution in [3.05, 3.63) is 29.8 Å². The molecule has 6 fully saturated rings. The second kappa shape index (κ2) is 7.54. The molecule has 216 valence electrons. The van der Waals surface area contributed by atoms with Gasteiger partial charge in [-0.2, -0.15) is 0 Å². The summed E-state index contributed by atoms with van der Waals surface area (Å²) in [7, 11) is 1.54. The van der Waals surface area contributed by atoms with Crippen molar-refractivity contribution in [3.8, 4) is 5.75 Å². The van der Waals surface area contributed by atoms with Gasteiger partial charge in [-0.3, -0.25) is 4.79 Å². The van der Waals surface area contributed by atoms with Crippen LogP contribution in [-0.4, -0.2) is 88.3 Å². The molecule has 4 aliphatic heterocycles. The summed E-state index contributed by atoms with van der Waals surface area (Å²) < 4.78 is 34.9. The highest BCUT2D eigenvalue weighted by Crippen LogP contribution is 2.84. The summed E-state index contributed by atoms with van der Waals surface area (Å²) in [5, 5.41) is 36.2. The molecular formula is C28H32O12. The zero-order valence-electron chi connectivity index (χ0n) is 22.7. The molecule has 2 spiro atoms. The fourth-order valence-corrected chi connectivity index (χ4v) is 9.35. The molecule has 0 radical (unpaired) electrons. The Labute approximate surface area is 229 Å². The minimum Gasteiger partial charge on any atom is -0.497 e. The van der Waals surface area contributed by atoms with Crippen molar-refractivity contribution < 1.29 is 58.1 Å². The summed E-state index contributed by atoms with van der Waals surface area (Å²) in [6, 6.07) is 6.99. The average Bonchev–Trinajstić information content (AvgIpc) is 3.59. The minimum absolute atomic E-state index is 0.0665. The second-order valence-electron chi connectivity index (χ2n) is 12.9. The molecule has 12 nitrogen and oxygen atoms in total. The third-order valence-corrected chi connectivity index (χ3v) is 10.5. The first kappa shape index (κ1) is 26.1. The van der Waals surface area contributed by atoms with E-state index >= 15 is 0 Å². The average molecular weight is 561 g/mol. The Bertz CT molecular complexity index is 1320. The Morgan fingerprint density at radius 2 is 1.65 bits per heavy atom. The van der Waals surface area contributed by atoms with Gasteiger partial charge in [-0.1, -0.05) is 32.9 Å². The number of aliphatic hydroxyl groups is 3. The Morgan fingerprint density at radius 1 is 0.975 bits per heavy atom. The predicted molar refractivity (Wildman–Crippen MR) is 129 cm³/mol. The lowest BCUT2D eigenvalue weighted by Crippen LogP contribution is -2.67. The molecule has 1 aromatic carbocycles. The van der Waals surface area contributed by atoms with Crippen molar-refractivity contribution in [3.63, 3.8) is 0 Å². The second-order valence-corrected chi connectivity index (χ2v) is 12.9. The van der Waals surface area contributed by atoms with E-state index in [9.17, 15) is 29.7 Å². The van der Waals surface area contributed by atoms with Gasteiger partial charge >= 0.3 is 17.9 Å². The SMILES string of the molecule is COc1ccc(CO[C@H]2C(=O)O[C@H]3O[C@]45C(=O)O[C@@H]6[C@H](O)C(C(C)(C)C)C32C64C(O)C2OC(=O)[C@@H](C)[C@@]25O)cc1. The zero-order chi connectivity index (χ0) is 28.8. The van der Waals surface area contributed by atoms with E-state index in [1.165, 1.54) is 6.92 Å². The number of aliphatic hydroxyl groups excluding tert-OH is 2. The number of benzene rings is 1. The monoisotopic (exact) mass is 560 g/mol. The van der Waals surface area contributed by atoms with Gasteiger partial charge in [-0.05, 0) is 30.0 Å². The molecule has 0 bridgehead atoms. The van der Waals surface area contributed by atoms with Crippen molar-refractivity contribution >= 4 is 17.9 Å². The number of methoxy groups -OCH3 is 1. The van der Waals surface area contributed by atoms with Gasteiger partial charge in [0.25, 0.3) is 0 Å². The molecule has 1 aromatic rings. The Balaban J connectivity index is 1.45. The van der Waals surface area contributed by atoms with Crippen LogP contribution < -0.4 is 4.74 Å². The summed E-state index contributed by atoms with van der Waals surface area (Å²) in [5.74, 6) is -4.24. The van der Waals surface area contributed by atoms with Gasteiger partial charge in [0.2, 0.25) is 11.9 Å². The summed E-state index contributed by atoms with van der Waals surface area (Å²) in [6.45, 7) is 6.84. The molecule has 7 rings (SSSR count). The van der Waals surface area contributed by atoms with Crippen molar-refractivity contribution in [1.29, 1.82) is 0 Å². The predicted octanol–water partition coefficient (Wildman–Crippen LogP) is -0.166. The molecular weight excluding hydrogens is 528 g/mol. The third-order valence-electron chi connectivity index (χ3n) is 10.5. The number of carbonyl (C=O) groups is 3. The number of hydrogen-bond donors (Lipinski definition) is 3. The van der Waals surface area contributed by atoms with Gasteiger partial charge < -0.3 is 43.7 Å². The number of rotatable bonds is 4. The molecule has 0 amide bonds. The summed E-state index contributed by atoms with van der Waals surface area (Å²) in [4.78, 5) is 40.1. The standard InChI is InChI=1S/C28H32O12/c1-11-20(31)37-18-16(30)26-17-14(29)15(24(2,3)4)25(26)19(36-10-12-6-8-13(35-5)9-7-12)21(32)39-23(25)40-28(26,22(33)38-17)27(11,18)34/h6-9,11,14-19,23,29-30,34H,10H2,1-5H3/t11-,14-,15?,16?,17-,18?,19+,23+,25?,26?,27-,28-/m1/s1. The largest absolute Gasteiger partial charge is 0.497 e. The Morgan fingerprint density at radius 3 is 2.27 bits per heavy atom. The number of carbonyl (C=O) groups excluding carboxylic acids is 3. The molecule has 2 aliphatic carbocycles. The minimum atomic E-state index is -2.38. The van der Waals surface area contributed by atoms with Gasteiger partial charge in [-0.15, -0.1) is 0 Å². The maximum Gasteiger partial charge on any atom is 0.343 e. The third kappa shape index (κ3) is 2.36. The van der Waals surface area contributed by atoms with Gasteiger partial charge in [-0.25, -0.2) is 9.59 Å². The van der Waals surface area contributed by atoms with Crippen molar-refractivity contribution in [1.82, 2.24) is 0 Å². The number of esters is 3. The van der Waals surface area contributed by atoms with Gasteiger partial charge in [0.15, 0.2) is 17.8 Å².